The van der Waals surface area contributed by atoms with Crippen LogP contribution in [-0.4, -0.2) is 31.7 Å². The third kappa shape index (κ3) is 2.15. The van der Waals surface area contributed by atoms with E-state index in [4.69, 9.17) is 4.74 Å². The van der Waals surface area contributed by atoms with Gasteiger partial charge in [-0.1, -0.05) is 30.3 Å². The van der Waals surface area contributed by atoms with Gasteiger partial charge < -0.3 is 9.64 Å². The first-order chi connectivity index (χ1) is 8.74. The molecule has 2 bridgehead atoms. The van der Waals surface area contributed by atoms with Gasteiger partial charge in [0, 0.05) is 25.2 Å². The van der Waals surface area contributed by atoms with Crippen LogP contribution in [0, 0.1) is 5.92 Å². The molecule has 3 aliphatic rings. The molecule has 3 fully saturated rings. The Morgan fingerprint density at radius 3 is 2.72 bits per heavy atom. The van der Waals surface area contributed by atoms with Gasteiger partial charge in [0.1, 0.15) is 6.54 Å². The van der Waals surface area contributed by atoms with E-state index in [0.717, 1.165) is 6.54 Å². The van der Waals surface area contributed by atoms with Gasteiger partial charge in [0.25, 0.3) is 0 Å². The van der Waals surface area contributed by atoms with E-state index in [2.05, 4.69) is 30.3 Å². The Labute approximate surface area is 108 Å². The van der Waals surface area contributed by atoms with E-state index in [0.29, 0.717) is 11.8 Å². The molecule has 4 rings (SSSR count). The summed E-state index contributed by atoms with van der Waals surface area (Å²) in [6.45, 7) is 4.93. The third-order valence-corrected chi connectivity index (χ3v) is 4.37. The normalized spacial score (nSPS) is 34.3. The van der Waals surface area contributed by atoms with Gasteiger partial charge in [-0.2, -0.15) is 0 Å². The van der Waals surface area contributed by atoms with Crippen LogP contribution in [0.3, 0.4) is 0 Å². The molecule has 1 aromatic carbocycles. The van der Waals surface area contributed by atoms with Gasteiger partial charge in [-0.05, 0) is 5.56 Å². The van der Waals surface area contributed by atoms with Crippen molar-refractivity contribution in [1.29, 1.82) is 0 Å². The molecule has 3 heteroatoms. The molecule has 0 aliphatic carbocycles. The second-order valence-corrected chi connectivity index (χ2v) is 5.53. The molecule has 0 spiro atoms. The van der Waals surface area contributed by atoms with Gasteiger partial charge in [0.2, 0.25) is 0 Å². The molecule has 0 saturated carbocycles. The second-order valence-electron chi connectivity index (χ2n) is 5.53. The minimum atomic E-state index is -0.139. The van der Waals surface area contributed by atoms with Crippen molar-refractivity contribution in [2.45, 2.75) is 25.4 Å². The SMILES string of the molecule is CC(=O)O[C@@H]1C[NH+]2CC[C@H]1[C@H](c1ccccc1)C2. The fraction of sp³-hybridized carbons (Fsp3) is 0.533. The lowest BCUT2D eigenvalue weighted by atomic mass is 9.74. The molecular formula is C15H20NO2+. The highest BCUT2D eigenvalue weighted by atomic mass is 16.5. The van der Waals surface area contributed by atoms with E-state index < -0.39 is 0 Å². The zero-order valence-electron chi connectivity index (χ0n) is 10.8. The van der Waals surface area contributed by atoms with Crippen LogP contribution in [0.1, 0.15) is 24.8 Å². The number of piperidine rings is 3. The zero-order chi connectivity index (χ0) is 12.5. The first kappa shape index (κ1) is 11.7. The van der Waals surface area contributed by atoms with Crippen molar-refractivity contribution in [3.63, 3.8) is 0 Å². The molecular weight excluding hydrogens is 226 g/mol. The summed E-state index contributed by atoms with van der Waals surface area (Å²) in [5.41, 5.74) is 1.40. The van der Waals surface area contributed by atoms with Crippen molar-refractivity contribution >= 4 is 5.97 Å². The number of quaternary nitrogens is 1. The van der Waals surface area contributed by atoms with Crippen LogP contribution in [0.2, 0.25) is 0 Å². The minimum Gasteiger partial charge on any atom is -0.456 e. The molecule has 3 saturated heterocycles. The first-order valence-electron chi connectivity index (χ1n) is 6.80. The molecule has 3 aliphatic heterocycles. The van der Waals surface area contributed by atoms with Crippen molar-refractivity contribution in [1.82, 2.24) is 0 Å². The number of carbonyl (C=O) groups is 1. The quantitative estimate of drug-likeness (QED) is 0.776. The number of esters is 1. The topological polar surface area (TPSA) is 30.7 Å². The molecule has 0 aromatic heterocycles. The Bertz CT molecular complexity index is 431. The highest BCUT2D eigenvalue weighted by Gasteiger charge is 2.46. The molecule has 18 heavy (non-hydrogen) atoms. The van der Waals surface area contributed by atoms with Crippen LogP contribution >= 0.6 is 0 Å². The number of ether oxygens (including phenoxy) is 1. The first-order valence-corrected chi connectivity index (χ1v) is 6.80. The lowest BCUT2D eigenvalue weighted by molar-refractivity contribution is -0.922. The van der Waals surface area contributed by atoms with Crippen LogP contribution < -0.4 is 4.90 Å². The van der Waals surface area contributed by atoms with E-state index in [1.807, 2.05) is 0 Å². The molecule has 3 heterocycles. The predicted octanol–water partition coefficient (Wildman–Crippen LogP) is 0.620. The summed E-state index contributed by atoms with van der Waals surface area (Å²) >= 11 is 0. The summed E-state index contributed by atoms with van der Waals surface area (Å²) in [5.74, 6) is 0.918. The number of nitrogens with one attached hydrogen (secondary N) is 1. The largest absolute Gasteiger partial charge is 0.456 e. The van der Waals surface area contributed by atoms with Gasteiger partial charge in [-0.25, -0.2) is 0 Å². The Hall–Kier alpha value is -1.35. The van der Waals surface area contributed by atoms with E-state index in [-0.39, 0.29) is 12.1 Å². The van der Waals surface area contributed by atoms with Crippen molar-refractivity contribution < 1.29 is 14.4 Å². The van der Waals surface area contributed by atoms with Crippen LogP contribution in [0.5, 0.6) is 0 Å². The number of rotatable bonds is 2. The maximum Gasteiger partial charge on any atom is 0.303 e. The minimum absolute atomic E-state index is 0.116. The Morgan fingerprint density at radius 2 is 2.06 bits per heavy atom. The van der Waals surface area contributed by atoms with Crippen LogP contribution in [-0.2, 0) is 9.53 Å². The lowest BCUT2D eigenvalue weighted by Crippen LogP contribution is -3.17. The van der Waals surface area contributed by atoms with E-state index in [9.17, 15) is 4.79 Å². The van der Waals surface area contributed by atoms with Gasteiger partial charge in [-0.15, -0.1) is 0 Å². The number of hydrogen-bond donors (Lipinski definition) is 1. The summed E-state index contributed by atoms with van der Waals surface area (Å²) in [7, 11) is 0. The fourth-order valence-corrected chi connectivity index (χ4v) is 3.61. The average molecular weight is 246 g/mol. The van der Waals surface area contributed by atoms with Crippen LogP contribution in [0.4, 0.5) is 0 Å². The number of carbonyl (C=O) groups excluding carboxylic acids is 1. The number of fused-ring (bicyclic) bond motifs is 3. The average Bonchev–Trinajstić information content (AvgIpc) is 2.39. The molecule has 1 aromatic rings. The second kappa shape index (κ2) is 4.73. The molecule has 96 valence electrons. The summed E-state index contributed by atoms with van der Waals surface area (Å²) < 4.78 is 5.52. The summed E-state index contributed by atoms with van der Waals surface area (Å²) in [4.78, 5) is 12.8. The van der Waals surface area contributed by atoms with Gasteiger partial charge in [-0.3, -0.25) is 4.79 Å². The van der Waals surface area contributed by atoms with Crippen molar-refractivity contribution in [2.24, 2.45) is 5.92 Å². The molecule has 0 radical (unpaired) electrons. The number of benzene rings is 1. The fourth-order valence-electron chi connectivity index (χ4n) is 3.61. The van der Waals surface area contributed by atoms with Gasteiger partial charge >= 0.3 is 5.97 Å². The Kier molecular flexibility index (Phi) is 3.08. The van der Waals surface area contributed by atoms with E-state index >= 15 is 0 Å². The van der Waals surface area contributed by atoms with Crippen molar-refractivity contribution in [3.8, 4) is 0 Å². The predicted molar refractivity (Wildman–Crippen MR) is 68.4 cm³/mol. The monoisotopic (exact) mass is 246 g/mol. The Balaban J connectivity index is 1.82. The lowest BCUT2D eigenvalue weighted by Gasteiger charge is -2.46. The number of hydrogen-bond acceptors (Lipinski definition) is 2. The molecule has 0 amide bonds. The highest BCUT2D eigenvalue weighted by Crippen LogP contribution is 2.34. The van der Waals surface area contributed by atoms with Crippen LogP contribution in [0.25, 0.3) is 0 Å². The Morgan fingerprint density at radius 1 is 1.28 bits per heavy atom. The standard InChI is InChI=1S/C15H19NO2/c1-11(17)18-15-10-16-8-7-13(15)14(9-16)12-5-3-2-4-6-12/h2-6,13-15H,7-10H2,1H3/p+1/t13-,14-,15+/m0/s1. The van der Waals surface area contributed by atoms with Gasteiger partial charge in [0.05, 0.1) is 13.1 Å². The van der Waals surface area contributed by atoms with Crippen molar-refractivity contribution in [2.75, 3.05) is 19.6 Å². The smallest absolute Gasteiger partial charge is 0.303 e. The molecule has 4 atom stereocenters. The van der Waals surface area contributed by atoms with Crippen molar-refractivity contribution in [3.05, 3.63) is 35.9 Å². The van der Waals surface area contributed by atoms with Gasteiger partial charge in [0.15, 0.2) is 6.10 Å². The molecule has 1 unspecified atom stereocenters. The van der Waals surface area contributed by atoms with E-state index in [1.54, 1.807) is 4.90 Å². The highest BCUT2D eigenvalue weighted by molar-refractivity contribution is 5.66. The van der Waals surface area contributed by atoms with Crippen LogP contribution in [0.15, 0.2) is 30.3 Å². The summed E-state index contributed by atoms with van der Waals surface area (Å²) in [6, 6.07) is 10.7. The third-order valence-electron chi connectivity index (χ3n) is 4.37. The van der Waals surface area contributed by atoms with E-state index in [1.165, 1.54) is 32.0 Å². The maximum absolute atomic E-state index is 11.2. The zero-order valence-corrected chi connectivity index (χ0v) is 10.8. The molecule has 1 N–H and O–H groups in total. The summed E-state index contributed by atoms with van der Waals surface area (Å²) in [5, 5.41) is 0. The maximum atomic E-state index is 11.2. The summed E-state index contributed by atoms with van der Waals surface area (Å²) in [6.07, 6.45) is 1.29. The molecule has 3 nitrogen and oxygen atoms in total.